The third-order valence-electron chi connectivity index (χ3n) is 5.94. The van der Waals surface area contributed by atoms with Crippen LogP contribution >= 0.6 is 0 Å². The topological polar surface area (TPSA) is 31.6 Å². The van der Waals surface area contributed by atoms with Crippen LogP contribution in [0.2, 0.25) is 0 Å². The normalized spacial score (nSPS) is 24.7. The van der Waals surface area contributed by atoms with E-state index in [2.05, 4.69) is 51.7 Å². The van der Waals surface area contributed by atoms with Crippen LogP contribution < -0.4 is 0 Å². The molecule has 0 spiro atoms. The van der Waals surface area contributed by atoms with Gasteiger partial charge in [-0.3, -0.25) is 9.80 Å². The Labute approximate surface area is 144 Å². The standard InChI is InChI=1S/C20H29N3O/c1-21-18(13-16-5-2-3-7-20(16)21)14-22-11-8-17(9-12-22)23-10-4-6-19(24)15-23/h2-3,5,7,13,17,19,24H,4,6,8-12,14-15H2,1H3. The molecule has 1 atom stereocenters. The van der Waals surface area contributed by atoms with Gasteiger partial charge in [-0.2, -0.15) is 0 Å². The molecule has 0 aliphatic carbocycles. The average Bonchev–Trinajstić information content (AvgIpc) is 2.92. The van der Waals surface area contributed by atoms with Gasteiger partial charge < -0.3 is 9.67 Å². The second-order valence-corrected chi connectivity index (χ2v) is 7.55. The van der Waals surface area contributed by atoms with E-state index in [9.17, 15) is 5.11 Å². The second kappa shape index (κ2) is 6.87. The highest BCUT2D eigenvalue weighted by Gasteiger charge is 2.28. The molecule has 0 bridgehead atoms. The van der Waals surface area contributed by atoms with Crippen molar-refractivity contribution in [2.45, 2.75) is 44.4 Å². The summed E-state index contributed by atoms with van der Waals surface area (Å²) in [6.07, 6.45) is 4.49. The van der Waals surface area contributed by atoms with E-state index in [1.165, 1.54) is 49.1 Å². The first-order chi connectivity index (χ1) is 11.7. The second-order valence-electron chi connectivity index (χ2n) is 7.55. The molecule has 1 aromatic heterocycles. The number of fused-ring (bicyclic) bond motifs is 1. The molecular formula is C20H29N3O. The molecule has 2 aliphatic rings. The van der Waals surface area contributed by atoms with E-state index in [0.29, 0.717) is 6.04 Å². The minimum Gasteiger partial charge on any atom is -0.392 e. The first-order valence-electron chi connectivity index (χ1n) is 9.38. The number of para-hydroxylation sites is 1. The van der Waals surface area contributed by atoms with Gasteiger partial charge in [-0.15, -0.1) is 0 Å². The Balaban J connectivity index is 1.36. The first-order valence-corrected chi connectivity index (χ1v) is 9.38. The summed E-state index contributed by atoms with van der Waals surface area (Å²) in [6.45, 7) is 5.43. The molecule has 2 saturated heterocycles. The number of hydrogen-bond donors (Lipinski definition) is 1. The van der Waals surface area contributed by atoms with Crippen LogP contribution in [0.25, 0.3) is 10.9 Å². The molecule has 0 radical (unpaired) electrons. The Morgan fingerprint density at radius 3 is 2.62 bits per heavy atom. The number of hydrogen-bond acceptors (Lipinski definition) is 3. The molecule has 130 valence electrons. The molecule has 0 amide bonds. The van der Waals surface area contributed by atoms with Crippen molar-refractivity contribution in [3.05, 3.63) is 36.0 Å². The Morgan fingerprint density at radius 1 is 1.08 bits per heavy atom. The Kier molecular flexibility index (Phi) is 4.61. The average molecular weight is 327 g/mol. The van der Waals surface area contributed by atoms with Crippen LogP contribution in [-0.4, -0.2) is 57.8 Å². The van der Waals surface area contributed by atoms with Crippen molar-refractivity contribution < 1.29 is 5.11 Å². The van der Waals surface area contributed by atoms with Crippen molar-refractivity contribution in [1.29, 1.82) is 0 Å². The Morgan fingerprint density at radius 2 is 1.88 bits per heavy atom. The maximum atomic E-state index is 9.90. The van der Waals surface area contributed by atoms with Crippen molar-refractivity contribution >= 4 is 10.9 Å². The quantitative estimate of drug-likeness (QED) is 0.940. The van der Waals surface area contributed by atoms with Gasteiger partial charge in [-0.25, -0.2) is 0 Å². The molecule has 3 heterocycles. The molecule has 0 saturated carbocycles. The molecule has 2 fully saturated rings. The summed E-state index contributed by atoms with van der Waals surface area (Å²) in [5.74, 6) is 0. The van der Waals surface area contributed by atoms with Gasteiger partial charge in [0.2, 0.25) is 0 Å². The van der Waals surface area contributed by atoms with E-state index < -0.39 is 0 Å². The van der Waals surface area contributed by atoms with Crippen molar-refractivity contribution in [1.82, 2.24) is 14.4 Å². The summed E-state index contributed by atoms with van der Waals surface area (Å²) in [5, 5.41) is 11.2. The van der Waals surface area contributed by atoms with Gasteiger partial charge in [0, 0.05) is 50.5 Å². The summed E-state index contributed by atoms with van der Waals surface area (Å²) in [4.78, 5) is 5.12. The Bertz CT molecular complexity index is 687. The van der Waals surface area contributed by atoms with Gasteiger partial charge in [0.1, 0.15) is 0 Å². The number of aliphatic hydroxyl groups excluding tert-OH is 1. The fourth-order valence-corrected chi connectivity index (χ4v) is 4.48. The summed E-state index contributed by atoms with van der Waals surface area (Å²) in [5.41, 5.74) is 2.73. The minimum atomic E-state index is -0.104. The number of aromatic nitrogens is 1. The summed E-state index contributed by atoms with van der Waals surface area (Å²) >= 11 is 0. The number of likely N-dealkylation sites (tertiary alicyclic amines) is 2. The Hall–Kier alpha value is -1.36. The van der Waals surface area contributed by atoms with Crippen molar-refractivity contribution in [2.75, 3.05) is 26.2 Å². The van der Waals surface area contributed by atoms with Crippen LogP contribution in [0.3, 0.4) is 0 Å². The predicted octanol–water partition coefficient (Wildman–Crippen LogP) is 2.60. The largest absolute Gasteiger partial charge is 0.392 e. The van der Waals surface area contributed by atoms with E-state index in [0.717, 1.165) is 25.9 Å². The molecule has 1 unspecified atom stereocenters. The van der Waals surface area contributed by atoms with Crippen LogP contribution in [0.4, 0.5) is 0 Å². The maximum Gasteiger partial charge on any atom is 0.0667 e. The maximum absolute atomic E-state index is 9.90. The van der Waals surface area contributed by atoms with E-state index in [4.69, 9.17) is 0 Å². The molecule has 2 aliphatic heterocycles. The van der Waals surface area contributed by atoms with Crippen LogP contribution in [0, 0.1) is 0 Å². The third-order valence-corrected chi connectivity index (χ3v) is 5.94. The number of piperidine rings is 2. The summed E-state index contributed by atoms with van der Waals surface area (Å²) in [7, 11) is 2.18. The fourth-order valence-electron chi connectivity index (χ4n) is 4.48. The highest BCUT2D eigenvalue weighted by atomic mass is 16.3. The molecule has 4 rings (SSSR count). The fraction of sp³-hybridized carbons (Fsp3) is 0.600. The highest BCUT2D eigenvalue weighted by molar-refractivity contribution is 5.81. The van der Waals surface area contributed by atoms with Gasteiger partial charge in [0.15, 0.2) is 0 Å². The van der Waals surface area contributed by atoms with Gasteiger partial charge in [0.25, 0.3) is 0 Å². The predicted molar refractivity (Wildman–Crippen MR) is 98.0 cm³/mol. The van der Waals surface area contributed by atoms with Crippen LogP contribution in [0.15, 0.2) is 30.3 Å². The lowest BCUT2D eigenvalue weighted by Gasteiger charge is -2.41. The van der Waals surface area contributed by atoms with Gasteiger partial charge in [-0.1, -0.05) is 18.2 Å². The zero-order chi connectivity index (χ0) is 16.5. The van der Waals surface area contributed by atoms with Gasteiger partial charge in [-0.05, 0) is 49.7 Å². The lowest BCUT2D eigenvalue weighted by atomic mass is 9.99. The van der Waals surface area contributed by atoms with Crippen molar-refractivity contribution in [3.8, 4) is 0 Å². The minimum absolute atomic E-state index is 0.104. The van der Waals surface area contributed by atoms with Crippen LogP contribution in [0.1, 0.15) is 31.4 Å². The lowest BCUT2D eigenvalue weighted by Crippen LogP contribution is -2.49. The molecular weight excluding hydrogens is 298 g/mol. The van der Waals surface area contributed by atoms with E-state index in [1.54, 1.807) is 0 Å². The molecule has 4 nitrogen and oxygen atoms in total. The molecule has 1 aromatic carbocycles. The number of benzene rings is 1. The van der Waals surface area contributed by atoms with Crippen LogP contribution in [0.5, 0.6) is 0 Å². The SMILES string of the molecule is Cn1c(CN2CCC(N3CCCC(O)C3)CC2)cc2ccccc21. The zero-order valence-corrected chi connectivity index (χ0v) is 14.7. The van der Waals surface area contributed by atoms with Crippen molar-refractivity contribution in [3.63, 3.8) is 0 Å². The van der Waals surface area contributed by atoms with E-state index in [-0.39, 0.29) is 6.10 Å². The smallest absolute Gasteiger partial charge is 0.0667 e. The number of aryl methyl sites for hydroxylation is 1. The van der Waals surface area contributed by atoms with E-state index >= 15 is 0 Å². The third kappa shape index (κ3) is 3.23. The number of rotatable bonds is 3. The highest BCUT2D eigenvalue weighted by Crippen LogP contribution is 2.24. The monoisotopic (exact) mass is 327 g/mol. The molecule has 4 heteroatoms. The first kappa shape index (κ1) is 16.1. The van der Waals surface area contributed by atoms with Gasteiger partial charge >= 0.3 is 0 Å². The zero-order valence-electron chi connectivity index (χ0n) is 14.7. The molecule has 2 aromatic rings. The molecule has 1 N–H and O–H groups in total. The lowest BCUT2D eigenvalue weighted by molar-refractivity contribution is 0.0241. The van der Waals surface area contributed by atoms with Gasteiger partial charge in [0.05, 0.1) is 6.10 Å². The summed E-state index contributed by atoms with van der Waals surface area (Å²) in [6, 6.07) is 11.6. The van der Waals surface area contributed by atoms with Crippen molar-refractivity contribution in [2.24, 2.45) is 7.05 Å². The number of β-amino-alcohol motifs (C(OH)–C–C–N with tert-alkyl or cyclic N) is 1. The van der Waals surface area contributed by atoms with Crippen LogP contribution in [-0.2, 0) is 13.6 Å². The molecule has 24 heavy (non-hydrogen) atoms. The number of nitrogens with zero attached hydrogens (tertiary/aromatic N) is 3. The summed E-state index contributed by atoms with van der Waals surface area (Å²) < 4.78 is 2.34. The van der Waals surface area contributed by atoms with E-state index in [1.807, 2.05) is 0 Å². The number of aliphatic hydroxyl groups is 1.